The summed E-state index contributed by atoms with van der Waals surface area (Å²) in [4.78, 5) is 24.6. The lowest BCUT2D eigenvalue weighted by Crippen LogP contribution is -2.23. The van der Waals surface area contributed by atoms with E-state index in [-0.39, 0.29) is 11.6 Å². The van der Waals surface area contributed by atoms with Crippen molar-refractivity contribution in [2.75, 3.05) is 0 Å². The maximum absolute atomic E-state index is 11.8. The lowest BCUT2D eigenvalue weighted by molar-refractivity contribution is 0.0986. The Labute approximate surface area is 174 Å². The molecule has 1 aromatic carbocycles. The quantitative estimate of drug-likeness (QED) is 0.643. The zero-order valence-corrected chi connectivity index (χ0v) is 16.8. The highest BCUT2D eigenvalue weighted by Gasteiger charge is 2.41. The fourth-order valence-corrected chi connectivity index (χ4v) is 4.49. The molecule has 7 nitrogen and oxygen atoms in total. The second-order valence-electron chi connectivity index (χ2n) is 8.15. The Morgan fingerprint density at radius 2 is 2.00 bits per heavy atom. The van der Waals surface area contributed by atoms with E-state index in [0.29, 0.717) is 11.8 Å². The predicted octanol–water partition coefficient (Wildman–Crippen LogP) is 2.21. The van der Waals surface area contributed by atoms with Crippen molar-refractivity contribution in [3.63, 3.8) is 0 Å². The summed E-state index contributed by atoms with van der Waals surface area (Å²) in [7, 11) is 1.85. The van der Waals surface area contributed by atoms with E-state index < -0.39 is 11.5 Å². The molecule has 3 aliphatic carbocycles. The molecule has 2 bridgehead atoms. The minimum atomic E-state index is -1.47. The van der Waals surface area contributed by atoms with Crippen molar-refractivity contribution in [1.82, 2.24) is 19.5 Å². The van der Waals surface area contributed by atoms with E-state index in [1.54, 1.807) is 25.4 Å². The number of aliphatic hydroxyl groups is 1. The normalized spacial score (nSPS) is 20.5. The first kappa shape index (κ1) is 18.5. The number of carbonyl (C=O) groups excluding carboxylic acids is 1. The molecule has 2 heterocycles. The van der Waals surface area contributed by atoms with Crippen LogP contribution in [0.15, 0.2) is 36.7 Å². The molecule has 6 rings (SSSR count). The molecule has 0 aliphatic heterocycles. The number of hydrogen-bond donors (Lipinski definition) is 2. The highest BCUT2D eigenvalue weighted by molar-refractivity contribution is 5.91. The van der Waals surface area contributed by atoms with E-state index >= 15 is 0 Å². The molecule has 1 saturated carbocycles. The molecular weight excluding hydrogens is 378 g/mol. The van der Waals surface area contributed by atoms with Crippen molar-refractivity contribution in [1.29, 1.82) is 0 Å². The van der Waals surface area contributed by atoms with Gasteiger partial charge in [0.05, 0.1) is 5.69 Å². The Morgan fingerprint density at radius 3 is 2.70 bits per heavy atom. The van der Waals surface area contributed by atoms with Crippen LogP contribution in [0.3, 0.4) is 0 Å². The highest BCUT2D eigenvalue weighted by atomic mass is 16.3. The van der Waals surface area contributed by atoms with E-state index in [4.69, 9.17) is 5.73 Å². The maximum atomic E-state index is 11.8. The summed E-state index contributed by atoms with van der Waals surface area (Å²) in [5, 5.41) is 10.7. The fraction of sp³-hybridized carbons (Fsp3) is 0.304. The van der Waals surface area contributed by atoms with Crippen LogP contribution in [-0.2, 0) is 12.6 Å². The van der Waals surface area contributed by atoms with Crippen molar-refractivity contribution in [3.05, 3.63) is 65.1 Å². The summed E-state index contributed by atoms with van der Waals surface area (Å²) in [6, 6.07) is 7.72. The molecule has 3 aliphatic rings. The molecule has 1 atom stereocenters. The number of nitrogens with two attached hydrogens (primary N) is 1. The number of hydrogen-bond acceptors (Lipinski definition) is 5. The molecule has 0 radical (unpaired) electrons. The van der Waals surface area contributed by atoms with Gasteiger partial charge >= 0.3 is 0 Å². The lowest BCUT2D eigenvalue weighted by atomic mass is 9.71. The smallest absolute Gasteiger partial charge is 0.284 e. The number of carbonyl (C=O) groups is 1. The van der Waals surface area contributed by atoms with Crippen LogP contribution in [0.5, 0.6) is 0 Å². The summed E-state index contributed by atoms with van der Waals surface area (Å²) in [5.74, 6) is 6.80. The molecule has 0 spiro atoms. The lowest BCUT2D eigenvalue weighted by Gasteiger charge is -2.34. The molecule has 7 heteroatoms. The van der Waals surface area contributed by atoms with E-state index in [1.165, 1.54) is 5.56 Å². The molecular formula is C23H21N5O2. The first-order valence-electron chi connectivity index (χ1n) is 9.89. The van der Waals surface area contributed by atoms with E-state index in [0.717, 1.165) is 35.4 Å². The van der Waals surface area contributed by atoms with Gasteiger partial charge in [0.1, 0.15) is 0 Å². The predicted molar refractivity (Wildman–Crippen MR) is 110 cm³/mol. The molecule has 0 saturated heterocycles. The number of imidazole rings is 1. The summed E-state index contributed by atoms with van der Waals surface area (Å²) in [5.41, 5.74) is 8.91. The largest absolute Gasteiger partial charge is 0.371 e. The zero-order chi connectivity index (χ0) is 21.0. The van der Waals surface area contributed by atoms with Crippen molar-refractivity contribution >= 4 is 5.91 Å². The molecule has 1 amide bonds. The monoisotopic (exact) mass is 399 g/mol. The zero-order valence-electron chi connectivity index (χ0n) is 16.8. The van der Waals surface area contributed by atoms with Crippen molar-refractivity contribution in [2.24, 2.45) is 12.8 Å². The first-order valence-corrected chi connectivity index (χ1v) is 9.89. The van der Waals surface area contributed by atoms with E-state index in [9.17, 15) is 9.90 Å². The van der Waals surface area contributed by atoms with Gasteiger partial charge in [-0.2, -0.15) is 0 Å². The second kappa shape index (κ2) is 6.51. The minimum absolute atomic E-state index is 0.256. The maximum Gasteiger partial charge on any atom is 0.284 e. The van der Waals surface area contributed by atoms with Gasteiger partial charge in [0, 0.05) is 42.2 Å². The van der Waals surface area contributed by atoms with Gasteiger partial charge in [0.2, 0.25) is 0 Å². The molecule has 30 heavy (non-hydrogen) atoms. The Balaban J connectivity index is 1.60. The number of aromatic nitrogens is 4. The van der Waals surface area contributed by atoms with Crippen LogP contribution < -0.4 is 5.73 Å². The van der Waals surface area contributed by atoms with Crippen LogP contribution >= 0.6 is 0 Å². The Kier molecular flexibility index (Phi) is 4.02. The molecule has 2 aromatic heterocycles. The van der Waals surface area contributed by atoms with Gasteiger partial charge in [-0.25, -0.2) is 15.0 Å². The molecule has 3 N–H and O–H groups in total. The third-order valence-corrected chi connectivity index (χ3v) is 6.08. The topological polar surface area (TPSA) is 107 Å². The average molecular weight is 399 g/mol. The molecule has 3 aromatic rings. The van der Waals surface area contributed by atoms with E-state index in [2.05, 4.69) is 32.9 Å². The van der Waals surface area contributed by atoms with Crippen LogP contribution in [-0.4, -0.2) is 30.5 Å². The summed E-state index contributed by atoms with van der Waals surface area (Å²) in [6.45, 7) is 1.57. The first-order chi connectivity index (χ1) is 14.3. The molecule has 150 valence electrons. The van der Waals surface area contributed by atoms with Crippen LogP contribution in [0.2, 0.25) is 0 Å². The SMILES string of the molecule is Cn1c(C(N)=O)nc2c1C1CC(C1)c1ccc(C#C[C@@](C)(O)c3ncccn3)cc1-2. The van der Waals surface area contributed by atoms with Crippen LogP contribution in [0, 0.1) is 11.8 Å². The summed E-state index contributed by atoms with van der Waals surface area (Å²) in [6.07, 6.45) is 5.24. The third-order valence-electron chi connectivity index (χ3n) is 6.08. The van der Waals surface area contributed by atoms with Crippen molar-refractivity contribution in [3.8, 4) is 23.1 Å². The van der Waals surface area contributed by atoms with Gasteiger partial charge in [-0.05, 0) is 49.4 Å². The molecule has 1 fully saturated rings. The van der Waals surface area contributed by atoms with Gasteiger partial charge in [-0.15, -0.1) is 0 Å². The highest BCUT2D eigenvalue weighted by Crippen LogP contribution is 2.55. The number of amides is 1. The number of primary amides is 1. The van der Waals surface area contributed by atoms with Gasteiger partial charge in [0.15, 0.2) is 17.2 Å². The van der Waals surface area contributed by atoms with Gasteiger partial charge in [0.25, 0.3) is 5.91 Å². The number of rotatable bonds is 2. The van der Waals surface area contributed by atoms with Crippen LogP contribution in [0.25, 0.3) is 11.3 Å². The standard InChI is InChI=1S/C23H21N5O2/c1-23(30,22-25-8-3-9-26-22)7-6-13-4-5-16-14-11-15(12-14)19-18(17(16)10-13)27-21(20(24)29)28(19)2/h3-5,8-10,14-15,30H,11-12H2,1-2H3,(H2,24,29)/t14?,15?,23-/m1/s1. The second-order valence-corrected chi connectivity index (χ2v) is 8.15. The molecule has 0 unspecified atom stereocenters. The Hall–Kier alpha value is -3.50. The van der Waals surface area contributed by atoms with Crippen LogP contribution in [0.1, 0.15) is 64.9 Å². The van der Waals surface area contributed by atoms with Crippen LogP contribution in [0.4, 0.5) is 0 Å². The third kappa shape index (κ3) is 2.80. The Morgan fingerprint density at radius 1 is 1.27 bits per heavy atom. The van der Waals surface area contributed by atoms with Crippen molar-refractivity contribution in [2.45, 2.75) is 37.2 Å². The average Bonchev–Trinajstić information content (AvgIpc) is 2.90. The van der Waals surface area contributed by atoms with E-state index in [1.807, 2.05) is 23.7 Å². The summed E-state index contributed by atoms with van der Waals surface area (Å²) >= 11 is 0. The van der Waals surface area contributed by atoms with Gasteiger partial charge < -0.3 is 15.4 Å². The minimum Gasteiger partial charge on any atom is -0.371 e. The number of nitrogens with zero attached hydrogens (tertiary/aromatic N) is 4. The summed E-state index contributed by atoms with van der Waals surface area (Å²) < 4.78 is 1.84. The van der Waals surface area contributed by atoms with Crippen molar-refractivity contribution < 1.29 is 9.90 Å². The fourth-order valence-electron chi connectivity index (χ4n) is 4.49. The van der Waals surface area contributed by atoms with Gasteiger partial charge in [-0.3, -0.25) is 4.79 Å². The Bertz CT molecular complexity index is 1230. The number of benzene rings is 1. The van der Waals surface area contributed by atoms with Gasteiger partial charge in [-0.1, -0.05) is 17.9 Å².